The molecular weight excluding hydrogens is 254 g/mol. The van der Waals surface area contributed by atoms with Crippen LogP contribution in [0.1, 0.15) is 6.42 Å². The number of rotatable bonds is 5. The SMILES string of the molecule is O=c1[nH]c(NCCCn2cccn2)nc2ccccc12. The number of para-hydroxylation sites is 1. The second-order valence-electron chi connectivity index (χ2n) is 4.48. The van der Waals surface area contributed by atoms with Gasteiger partial charge >= 0.3 is 0 Å². The molecule has 2 heterocycles. The molecule has 20 heavy (non-hydrogen) atoms. The Morgan fingerprint density at radius 1 is 1.25 bits per heavy atom. The molecule has 0 aliphatic heterocycles. The quantitative estimate of drug-likeness (QED) is 0.690. The number of fused-ring (bicyclic) bond motifs is 1. The number of hydrogen-bond acceptors (Lipinski definition) is 4. The first-order chi connectivity index (χ1) is 9.83. The molecule has 0 aliphatic carbocycles. The fraction of sp³-hybridized carbons (Fsp3) is 0.214. The fourth-order valence-electron chi connectivity index (χ4n) is 2.05. The lowest BCUT2D eigenvalue weighted by atomic mass is 10.2. The third-order valence-corrected chi connectivity index (χ3v) is 3.03. The van der Waals surface area contributed by atoms with Crippen LogP contribution in [-0.4, -0.2) is 26.3 Å². The summed E-state index contributed by atoms with van der Waals surface area (Å²) in [5, 5.41) is 7.87. The molecule has 0 bridgehead atoms. The fourth-order valence-corrected chi connectivity index (χ4v) is 2.05. The van der Waals surface area contributed by atoms with Gasteiger partial charge in [0.15, 0.2) is 0 Å². The Morgan fingerprint density at radius 2 is 2.15 bits per heavy atom. The Balaban J connectivity index is 1.64. The molecule has 2 aromatic heterocycles. The maximum Gasteiger partial charge on any atom is 0.260 e. The number of aromatic nitrogens is 4. The van der Waals surface area contributed by atoms with Crippen molar-refractivity contribution in [3.05, 3.63) is 53.1 Å². The summed E-state index contributed by atoms with van der Waals surface area (Å²) in [7, 11) is 0. The van der Waals surface area contributed by atoms with Crippen LogP contribution in [0.2, 0.25) is 0 Å². The van der Waals surface area contributed by atoms with E-state index in [0.29, 0.717) is 16.9 Å². The summed E-state index contributed by atoms with van der Waals surface area (Å²) in [4.78, 5) is 19.0. The first kappa shape index (κ1) is 12.4. The van der Waals surface area contributed by atoms with Crippen LogP contribution in [0, 0.1) is 0 Å². The zero-order valence-corrected chi connectivity index (χ0v) is 10.9. The highest BCUT2D eigenvalue weighted by Gasteiger charge is 2.02. The average Bonchev–Trinajstić information content (AvgIpc) is 2.97. The van der Waals surface area contributed by atoms with Crippen molar-refractivity contribution < 1.29 is 0 Å². The lowest BCUT2D eigenvalue weighted by molar-refractivity contribution is 0.591. The molecule has 0 amide bonds. The zero-order chi connectivity index (χ0) is 13.8. The minimum absolute atomic E-state index is 0.120. The minimum Gasteiger partial charge on any atom is -0.356 e. The number of aromatic amines is 1. The van der Waals surface area contributed by atoms with Crippen LogP contribution in [0.25, 0.3) is 10.9 Å². The van der Waals surface area contributed by atoms with Gasteiger partial charge in [0.1, 0.15) is 0 Å². The van der Waals surface area contributed by atoms with Gasteiger partial charge in [0.2, 0.25) is 5.95 Å². The second-order valence-corrected chi connectivity index (χ2v) is 4.48. The van der Waals surface area contributed by atoms with E-state index in [9.17, 15) is 4.79 Å². The predicted octanol–water partition coefficient (Wildman–Crippen LogP) is 1.62. The summed E-state index contributed by atoms with van der Waals surface area (Å²) < 4.78 is 1.87. The number of anilines is 1. The van der Waals surface area contributed by atoms with Gasteiger partial charge < -0.3 is 5.32 Å². The van der Waals surface area contributed by atoms with Gasteiger partial charge in [-0.3, -0.25) is 14.5 Å². The van der Waals surface area contributed by atoms with E-state index in [1.54, 1.807) is 12.3 Å². The van der Waals surface area contributed by atoms with Crippen LogP contribution in [0.15, 0.2) is 47.5 Å². The average molecular weight is 269 g/mol. The van der Waals surface area contributed by atoms with Gasteiger partial charge in [0.25, 0.3) is 5.56 Å². The van der Waals surface area contributed by atoms with Crippen molar-refractivity contribution in [1.29, 1.82) is 0 Å². The molecule has 0 unspecified atom stereocenters. The minimum atomic E-state index is -0.120. The third kappa shape index (κ3) is 2.69. The molecule has 0 fully saturated rings. The summed E-state index contributed by atoms with van der Waals surface area (Å²) in [6, 6.07) is 9.20. The third-order valence-electron chi connectivity index (χ3n) is 3.03. The molecule has 0 saturated carbocycles. The number of H-pyrrole nitrogens is 1. The summed E-state index contributed by atoms with van der Waals surface area (Å²) in [5.41, 5.74) is 0.580. The Hall–Kier alpha value is -2.63. The molecule has 0 saturated heterocycles. The molecule has 3 aromatic rings. The van der Waals surface area contributed by atoms with Gasteiger partial charge in [0, 0.05) is 25.5 Å². The molecule has 0 atom stereocenters. The Morgan fingerprint density at radius 3 is 3.00 bits per heavy atom. The Kier molecular flexibility index (Phi) is 3.45. The van der Waals surface area contributed by atoms with Crippen molar-refractivity contribution >= 4 is 16.9 Å². The highest BCUT2D eigenvalue weighted by Crippen LogP contribution is 2.07. The van der Waals surface area contributed by atoms with Crippen molar-refractivity contribution in [2.24, 2.45) is 0 Å². The van der Waals surface area contributed by atoms with Gasteiger partial charge in [-0.25, -0.2) is 4.98 Å². The van der Waals surface area contributed by atoms with E-state index in [0.717, 1.165) is 19.5 Å². The van der Waals surface area contributed by atoms with Crippen molar-refractivity contribution in [3.63, 3.8) is 0 Å². The smallest absolute Gasteiger partial charge is 0.260 e. The zero-order valence-electron chi connectivity index (χ0n) is 10.9. The number of nitrogens with zero attached hydrogens (tertiary/aromatic N) is 3. The van der Waals surface area contributed by atoms with Crippen molar-refractivity contribution in [1.82, 2.24) is 19.7 Å². The second kappa shape index (κ2) is 5.56. The van der Waals surface area contributed by atoms with E-state index in [2.05, 4.69) is 20.4 Å². The highest BCUT2D eigenvalue weighted by molar-refractivity contribution is 5.78. The Labute approximate surface area is 115 Å². The van der Waals surface area contributed by atoms with Crippen LogP contribution in [0.4, 0.5) is 5.95 Å². The standard InChI is InChI=1S/C14H15N5O/c20-13-11-5-1-2-6-12(11)17-14(18-13)15-7-3-9-19-10-4-8-16-19/h1-2,4-6,8,10H,3,7,9H2,(H2,15,17,18,20). The van der Waals surface area contributed by atoms with E-state index in [-0.39, 0.29) is 5.56 Å². The van der Waals surface area contributed by atoms with E-state index in [4.69, 9.17) is 0 Å². The van der Waals surface area contributed by atoms with Gasteiger partial charge in [0.05, 0.1) is 10.9 Å². The molecule has 0 spiro atoms. The van der Waals surface area contributed by atoms with Gasteiger partial charge in [-0.15, -0.1) is 0 Å². The van der Waals surface area contributed by atoms with Crippen LogP contribution < -0.4 is 10.9 Å². The molecule has 0 aliphatic rings. The maximum atomic E-state index is 11.9. The van der Waals surface area contributed by atoms with Crippen LogP contribution in [0.5, 0.6) is 0 Å². The number of benzene rings is 1. The van der Waals surface area contributed by atoms with Gasteiger partial charge in [-0.05, 0) is 24.6 Å². The predicted molar refractivity (Wildman–Crippen MR) is 77.7 cm³/mol. The van der Waals surface area contributed by atoms with Crippen LogP contribution >= 0.6 is 0 Å². The lowest BCUT2D eigenvalue weighted by Crippen LogP contribution is -2.15. The normalized spacial score (nSPS) is 10.8. The maximum absolute atomic E-state index is 11.9. The number of nitrogens with one attached hydrogen (secondary N) is 2. The molecular formula is C14H15N5O. The van der Waals surface area contributed by atoms with E-state index in [1.165, 1.54) is 0 Å². The molecule has 6 nitrogen and oxygen atoms in total. The highest BCUT2D eigenvalue weighted by atomic mass is 16.1. The topological polar surface area (TPSA) is 75.6 Å². The summed E-state index contributed by atoms with van der Waals surface area (Å²) in [6.45, 7) is 1.55. The van der Waals surface area contributed by atoms with Crippen LogP contribution in [0.3, 0.4) is 0 Å². The van der Waals surface area contributed by atoms with Gasteiger partial charge in [-0.2, -0.15) is 5.10 Å². The lowest BCUT2D eigenvalue weighted by Gasteiger charge is -2.06. The molecule has 102 valence electrons. The monoisotopic (exact) mass is 269 g/mol. The molecule has 2 N–H and O–H groups in total. The van der Waals surface area contributed by atoms with Crippen molar-refractivity contribution in [2.45, 2.75) is 13.0 Å². The van der Waals surface area contributed by atoms with E-state index >= 15 is 0 Å². The molecule has 3 rings (SSSR count). The van der Waals surface area contributed by atoms with E-state index in [1.807, 2.05) is 35.1 Å². The molecule has 6 heteroatoms. The van der Waals surface area contributed by atoms with Crippen LogP contribution in [-0.2, 0) is 6.54 Å². The molecule has 0 radical (unpaired) electrons. The van der Waals surface area contributed by atoms with Crippen molar-refractivity contribution in [3.8, 4) is 0 Å². The number of hydrogen-bond donors (Lipinski definition) is 2. The first-order valence-corrected chi connectivity index (χ1v) is 6.53. The summed E-state index contributed by atoms with van der Waals surface area (Å²) in [6.07, 6.45) is 4.59. The number of aryl methyl sites for hydroxylation is 1. The van der Waals surface area contributed by atoms with Gasteiger partial charge in [-0.1, -0.05) is 12.1 Å². The van der Waals surface area contributed by atoms with E-state index < -0.39 is 0 Å². The summed E-state index contributed by atoms with van der Waals surface area (Å²) in [5.74, 6) is 0.508. The Bertz CT molecular complexity index is 748. The molecule has 1 aromatic carbocycles. The first-order valence-electron chi connectivity index (χ1n) is 6.53. The van der Waals surface area contributed by atoms with Crippen molar-refractivity contribution in [2.75, 3.05) is 11.9 Å². The largest absolute Gasteiger partial charge is 0.356 e. The summed E-state index contributed by atoms with van der Waals surface area (Å²) >= 11 is 0.